The van der Waals surface area contributed by atoms with E-state index in [2.05, 4.69) is 13.0 Å². The van der Waals surface area contributed by atoms with Crippen molar-refractivity contribution in [2.24, 2.45) is 0 Å². The number of alkyl halides is 1. The van der Waals surface area contributed by atoms with Crippen LogP contribution in [0.15, 0.2) is 0 Å². The molecule has 1 fully saturated rings. The summed E-state index contributed by atoms with van der Waals surface area (Å²) >= 11 is 6.08. The molecule has 1 rings (SSSR count). The molecule has 0 N–H and O–H groups in total. The van der Waals surface area contributed by atoms with E-state index in [0.717, 1.165) is 6.42 Å². The van der Waals surface area contributed by atoms with E-state index >= 15 is 0 Å². The van der Waals surface area contributed by atoms with Crippen molar-refractivity contribution < 1.29 is 4.74 Å². The molecular weight excluding hydrogens is 174 g/mol. The normalized spacial score (nSPS) is 42.2. The first-order valence-electron chi connectivity index (χ1n) is 4.28. The van der Waals surface area contributed by atoms with Crippen LogP contribution in [0.2, 0.25) is 0 Å². The average Bonchev–Trinajstić information content (AvgIpc) is 2.05. The van der Waals surface area contributed by atoms with E-state index in [1.807, 2.05) is 6.92 Å². The van der Waals surface area contributed by atoms with Crippen LogP contribution in [0.3, 0.4) is 0 Å². The molecule has 1 saturated heterocycles. The zero-order valence-corrected chi connectivity index (χ0v) is 8.32. The number of halogens is 1. The molecule has 1 aliphatic rings. The third-order valence-corrected chi connectivity index (χ3v) is 2.96. The lowest BCUT2D eigenvalue weighted by Crippen LogP contribution is -2.43. The molecule has 2 atom stereocenters. The van der Waals surface area contributed by atoms with Crippen LogP contribution in [-0.4, -0.2) is 17.1 Å². The maximum Gasteiger partial charge on any atom is 0.136 e. The van der Waals surface area contributed by atoms with Crippen molar-refractivity contribution in [3.05, 3.63) is 0 Å². The maximum absolute atomic E-state index is 8.84. The molecule has 68 valence electrons. The van der Waals surface area contributed by atoms with E-state index in [0.29, 0.717) is 19.4 Å². The third-order valence-electron chi connectivity index (χ3n) is 2.55. The van der Waals surface area contributed by atoms with Crippen molar-refractivity contribution in [3.63, 3.8) is 0 Å². The van der Waals surface area contributed by atoms with Gasteiger partial charge in [0.1, 0.15) is 4.87 Å². The Kier molecular flexibility index (Phi) is 2.65. The smallest absolute Gasteiger partial charge is 0.136 e. The van der Waals surface area contributed by atoms with Gasteiger partial charge in [-0.3, -0.25) is 0 Å². The largest absolute Gasteiger partial charge is 0.375 e. The summed E-state index contributed by atoms with van der Waals surface area (Å²) < 4.78 is 5.58. The van der Waals surface area contributed by atoms with Crippen molar-refractivity contribution in [2.75, 3.05) is 6.61 Å². The van der Waals surface area contributed by atoms with E-state index in [9.17, 15) is 0 Å². The molecule has 0 bridgehead atoms. The van der Waals surface area contributed by atoms with Gasteiger partial charge in [-0.25, -0.2) is 0 Å². The predicted molar refractivity (Wildman–Crippen MR) is 48.1 cm³/mol. The second-order valence-corrected chi connectivity index (χ2v) is 4.38. The highest BCUT2D eigenvalue weighted by Crippen LogP contribution is 2.38. The monoisotopic (exact) mass is 187 g/mol. The van der Waals surface area contributed by atoms with Crippen LogP contribution < -0.4 is 0 Å². The first kappa shape index (κ1) is 9.83. The topological polar surface area (TPSA) is 33.0 Å². The van der Waals surface area contributed by atoms with Crippen LogP contribution in [0.1, 0.15) is 33.1 Å². The standard InChI is InChI=1S/C9H14ClNO/c1-3-8(2)6-9(10,7-11)4-5-12-8/h3-6H2,1-2H3. The van der Waals surface area contributed by atoms with Crippen LogP contribution in [0, 0.1) is 11.3 Å². The van der Waals surface area contributed by atoms with Gasteiger partial charge in [-0.15, -0.1) is 11.6 Å². The third kappa shape index (κ3) is 1.91. The summed E-state index contributed by atoms with van der Waals surface area (Å²) in [6.45, 7) is 4.67. The second-order valence-electron chi connectivity index (χ2n) is 3.66. The van der Waals surface area contributed by atoms with Crippen LogP contribution in [-0.2, 0) is 4.74 Å². The molecule has 0 aliphatic carbocycles. The van der Waals surface area contributed by atoms with Gasteiger partial charge in [-0.2, -0.15) is 5.26 Å². The van der Waals surface area contributed by atoms with Crippen molar-refractivity contribution in [1.29, 1.82) is 5.26 Å². The van der Waals surface area contributed by atoms with Crippen molar-refractivity contribution in [1.82, 2.24) is 0 Å². The van der Waals surface area contributed by atoms with Crippen LogP contribution >= 0.6 is 11.6 Å². The molecule has 1 heterocycles. The Morgan fingerprint density at radius 2 is 2.33 bits per heavy atom. The van der Waals surface area contributed by atoms with Gasteiger partial charge in [0, 0.05) is 12.8 Å². The highest BCUT2D eigenvalue weighted by Gasteiger charge is 2.41. The van der Waals surface area contributed by atoms with Crippen molar-refractivity contribution >= 4 is 11.6 Å². The molecular formula is C9H14ClNO. The van der Waals surface area contributed by atoms with E-state index in [4.69, 9.17) is 21.6 Å². The Bertz CT molecular complexity index is 213. The van der Waals surface area contributed by atoms with Gasteiger partial charge in [0.25, 0.3) is 0 Å². The minimum atomic E-state index is -0.691. The quantitative estimate of drug-likeness (QED) is 0.591. The Morgan fingerprint density at radius 1 is 1.67 bits per heavy atom. The van der Waals surface area contributed by atoms with Gasteiger partial charge >= 0.3 is 0 Å². The highest BCUT2D eigenvalue weighted by atomic mass is 35.5. The van der Waals surface area contributed by atoms with E-state index in [-0.39, 0.29) is 5.60 Å². The number of rotatable bonds is 1. The van der Waals surface area contributed by atoms with Crippen LogP contribution in [0.25, 0.3) is 0 Å². The summed E-state index contributed by atoms with van der Waals surface area (Å²) in [5.74, 6) is 0. The lowest BCUT2D eigenvalue weighted by Gasteiger charge is -2.39. The molecule has 12 heavy (non-hydrogen) atoms. The molecule has 1 aliphatic heterocycles. The zero-order chi connectivity index (χ0) is 9.24. The number of hydrogen-bond acceptors (Lipinski definition) is 2. The molecule has 0 saturated carbocycles. The molecule has 0 spiro atoms. The molecule has 2 unspecified atom stereocenters. The first-order chi connectivity index (χ1) is 5.54. The Labute approximate surface area is 78.5 Å². The van der Waals surface area contributed by atoms with Crippen LogP contribution in [0.4, 0.5) is 0 Å². The fourth-order valence-electron chi connectivity index (χ4n) is 1.51. The number of nitriles is 1. The Balaban J connectivity index is 2.70. The van der Waals surface area contributed by atoms with Crippen LogP contribution in [0.5, 0.6) is 0 Å². The molecule has 0 aromatic carbocycles. The van der Waals surface area contributed by atoms with Gasteiger partial charge < -0.3 is 4.74 Å². The number of hydrogen-bond donors (Lipinski definition) is 0. The van der Waals surface area contributed by atoms with Gasteiger partial charge in [0.2, 0.25) is 0 Å². The number of nitrogens with zero attached hydrogens (tertiary/aromatic N) is 1. The number of ether oxygens (including phenoxy) is 1. The van der Waals surface area contributed by atoms with Gasteiger partial charge in [0.15, 0.2) is 0 Å². The maximum atomic E-state index is 8.84. The van der Waals surface area contributed by atoms with E-state index in [1.54, 1.807) is 0 Å². The SMILES string of the molecule is CCC1(C)CC(Cl)(C#N)CCO1. The summed E-state index contributed by atoms with van der Waals surface area (Å²) in [5, 5.41) is 8.84. The molecule has 0 amide bonds. The Morgan fingerprint density at radius 3 is 2.83 bits per heavy atom. The molecule has 0 aromatic heterocycles. The summed E-state index contributed by atoms with van der Waals surface area (Å²) in [7, 11) is 0. The Hall–Kier alpha value is -0.260. The van der Waals surface area contributed by atoms with E-state index in [1.165, 1.54) is 0 Å². The molecule has 3 heteroatoms. The average molecular weight is 188 g/mol. The van der Waals surface area contributed by atoms with Gasteiger partial charge in [0.05, 0.1) is 18.3 Å². The minimum Gasteiger partial charge on any atom is -0.375 e. The highest BCUT2D eigenvalue weighted by molar-refractivity contribution is 6.25. The van der Waals surface area contributed by atoms with E-state index < -0.39 is 4.87 Å². The lowest BCUT2D eigenvalue weighted by atomic mass is 9.85. The summed E-state index contributed by atoms with van der Waals surface area (Å²) in [5.41, 5.74) is -0.199. The predicted octanol–water partition coefficient (Wildman–Crippen LogP) is 2.47. The fraction of sp³-hybridized carbons (Fsp3) is 0.889. The molecule has 0 aromatic rings. The van der Waals surface area contributed by atoms with Crippen molar-refractivity contribution in [3.8, 4) is 6.07 Å². The fourth-order valence-corrected chi connectivity index (χ4v) is 1.87. The van der Waals surface area contributed by atoms with Crippen molar-refractivity contribution in [2.45, 2.75) is 43.6 Å². The zero-order valence-electron chi connectivity index (χ0n) is 7.56. The first-order valence-corrected chi connectivity index (χ1v) is 4.65. The van der Waals surface area contributed by atoms with Gasteiger partial charge in [-0.1, -0.05) is 6.92 Å². The molecule has 0 radical (unpaired) electrons. The summed E-state index contributed by atoms with van der Waals surface area (Å²) in [6, 6.07) is 2.16. The van der Waals surface area contributed by atoms with Gasteiger partial charge in [-0.05, 0) is 13.3 Å². The summed E-state index contributed by atoms with van der Waals surface area (Å²) in [4.78, 5) is -0.691. The lowest BCUT2D eigenvalue weighted by molar-refractivity contribution is -0.0735. The minimum absolute atomic E-state index is 0.199. The molecule has 2 nitrogen and oxygen atoms in total. The second kappa shape index (κ2) is 3.24. The summed E-state index contributed by atoms with van der Waals surface area (Å²) in [6.07, 6.45) is 2.18.